The zero-order valence-electron chi connectivity index (χ0n) is 17.0. The molecule has 4 fully saturated rings. The van der Waals surface area contributed by atoms with Gasteiger partial charge in [-0.2, -0.15) is 0 Å². The molecule has 28 heavy (non-hydrogen) atoms. The summed E-state index contributed by atoms with van der Waals surface area (Å²) >= 11 is 0. The van der Waals surface area contributed by atoms with Gasteiger partial charge in [0.2, 0.25) is 5.91 Å². The molecule has 0 spiro atoms. The zero-order chi connectivity index (χ0) is 19.5. The smallest absolute Gasteiger partial charge is 0.326 e. The maximum Gasteiger partial charge on any atom is 0.329 e. The van der Waals surface area contributed by atoms with Gasteiger partial charge in [-0.3, -0.25) is 13.9 Å². The van der Waals surface area contributed by atoms with Crippen LogP contribution < -0.4 is 11.0 Å². The Morgan fingerprint density at radius 2 is 1.57 bits per heavy atom. The van der Waals surface area contributed by atoms with Crippen LogP contribution in [0.4, 0.5) is 5.69 Å². The molecule has 0 saturated heterocycles. The molecular weight excluding hydrogens is 350 g/mol. The van der Waals surface area contributed by atoms with Crippen LogP contribution in [-0.2, 0) is 17.9 Å². The van der Waals surface area contributed by atoms with Crippen molar-refractivity contribution in [2.75, 3.05) is 5.32 Å². The third-order valence-electron chi connectivity index (χ3n) is 7.64. The third kappa shape index (κ3) is 2.82. The largest absolute Gasteiger partial charge is 0.329 e. The number of imidazole rings is 1. The molecule has 4 aliphatic rings. The number of carbonyl (C=O) groups is 1. The summed E-state index contributed by atoms with van der Waals surface area (Å²) < 4.78 is 3.58. The molecule has 0 aliphatic heterocycles. The molecule has 0 unspecified atom stereocenters. The Hall–Kier alpha value is -2.04. The minimum Gasteiger partial charge on any atom is -0.326 e. The van der Waals surface area contributed by atoms with Crippen molar-refractivity contribution in [1.29, 1.82) is 0 Å². The van der Waals surface area contributed by atoms with E-state index in [1.807, 2.05) is 32.0 Å². The van der Waals surface area contributed by atoms with E-state index in [2.05, 4.69) is 5.32 Å². The minimum absolute atomic E-state index is 0.0250. The highest BCUT2D eigenvalue weighted by molar-refractivity contribution is 5.93. The first-order valence-electron chi connectivity index (χ1n) is 11.0. The number of rotatable bonds is 5. The summed E-state index contributed by atoms with van der Waals surface area (Å²) in [5, 5.41) is 3.14. The van der Waals surface area contributed by atoms with E-state index in [9.17, 15) is 9.59 Å². The van der Waals surface area contributed by atoms with Crippen LogP contribution in [0.1, 0.15) is 58.8 Å². The van der Waals surface area contributed by atoms with Crippen molar-refractivity contribution in [1.82, 2.24) is 9.13 Å². The highest BCUT2D eigenvalue weighted by Crippen LogP contribution is 2.61. The predicted molar refractivity (Wildman–Crippen MR) is 111 cm³/mol. The minimum atomic E-state index is 0.0250. The fraction of sp³-hybridized carbons (Fsp3) is 0.652. The summed E-state index contributed by atoms with van der Waals surface area (Å²) in [6, 6.07) is 5.86. The molecule has 4 aliphatic carbocycles. The standard InChI is InChI=1S/C23H31N3O2/c1-3-25-19-6-5-18(10-20(19)26(4-2)22(25)28)24-21(27)14-23-11-15-7-16(12-23)9-17(8-15)13-23/h5-6,10,15-17H,3-4,7-9,11-14H2,1-2H3,(H,24,27). The Morgan fingerprint density at radius 3 is 2.14 bits per heavy atom. The summed E-state index contributed by atoms with van der Waals surface area (Å²) in [6.07, 6.45) is 8.62. The van der Waals surface area contributed by atoms with E-state index in [-0.39, 0.29) is 17.0 Å². The Kier molecular flexibility index (Phi) is 4.18. The van der Waals surface area contributed by atoms with Crippen LogP contribution in [0.5, 0.6) is 0 Å². The summed E-state index contributed by atoms with van der Waals surface area (Å²) in [6.45, 7) is 5.26. The molecule has 1 heterocycles. The lowest BCUT2D eigenvalue weighted by molar-refractivity contribution is -0.124. The monoisotopic (exact) mass is 381 g/mol. The van der Waals surface area contributed by atoms with E-state index in [1.54, 1.807) is 9.13 Å². The molecular formula is C23H31N3O2. The zero-order valence-corrected chi connectivity index (χ0v) is 17.0. The van der Waals surface area contributed by atoms with Gasteiger partial charge in [-0.1, -0.05) is 0 Å². The van der Waals surface area contributed by atoms with Gasteiger partial charge in [0.05, 0.1) is 11.0 Å². The summed E-state index contributed by atoms with van der Waals surface area (Å²) in [5.41, 5.74) is 2.92. The third-order valence-corrected chi connectivity index (χ3v) is 7.64. The first-order chi connectivity index (χ1) is 13.5. The van der Waals surface area contributed by atoms with Crippen LogP contribution >= 0.6 is 0 Å². The van der Waals surface area contributed by atoms with E-state index in [0.717, 1.165) is 34.5 Å². The molecule has 1 amide bonds. The average molecular weight is 382 g/mol. The van der Waals surface area contributed by atoms with Crippen molar-refractivity contribution in [3.8, 4) is 0 Å². The molecule has 0 radical (unpaired) electrons. The number of hydrogen-bond acceptors (Lipinski definition) is 2. The molecule has 2 aromatic rings. The number of nitrogens with zero attached hydrogens (tertiary/aromatic N) is 2. The summed E-state index contributed by atoms with van der Waals surface area (Å²) in [7, 11) is 0. The Balaban J connectivity index is 1.37. The number of fused-ring (bicyclic) bond motifs is 1. The lowest BCUT2D eigenvalue weighted by atomic mass is 9.49. The van der Waals surface area contributed by atoms with Gasteiger partial charge in [0.25, 0.3) is 0 Å². The van der Waals surface area contributed by atoms with Gasteiger partial charge in [-0.05, 0) is 93.7 Å². The second-order valence-corrected chi connectivity index (χ2v) is 9.62. The SMILES string of the molecule is CCn1c(=O)n(CC)c2cc(NC(=O)CC34CC5CC(CC(C5)C3)C4)ccc21. The van der Waals surface area contributed by atoms with Crippen molar-refractivity contribution in [2.45, 2.75) is 71.9 Å². The van der Waals surface area contributed by atoms with Crippen LogP contribution in [0.2, 0.25) is 0 Å². The molecule has 5 heteroatoms. The molecule has 1 aromatic heterocycles. The van der Waals surface area contributed by atoms with E-state index in [0.29, 0.717) is 19.5 Å². The number of amides is 1. The van der Waals surface area contributed by atoms with Crippen molar-refractivity contribution in [3.63, 3.8) is 0 Å². The van der Waals surface area contributed by atoms with E-state index in [4.69, 9.17) is 0 Å². The molecule has 4 bridgehead atoms. The second-order valence-electron chi connectivity index (χ2n) is 9.62. The van der Waals surface area contributed by atoms with Crippen molar-refractivity contribution < 1.29 is 4.79 Å². The van der Waals surface area contributed by atoms with Gasteiger partial charge in [-0.15, -0.1) is 0 Å². The van der Waals surface area contributed by atoms with Crippen LogP contribution in [0.15, 0.2) is 23.0 Å². The van der Waals surface area contributed by atoms with E-state index < -0.39 is 0 Å². The van der Waals surface area contributed by atoms with Crippen molar-refractivity contribution >= 4 is 22.6 Å². The number of carbonyl (C=O) groups excluding carboxylic acids is 1. The Morgan fingerprint density at radius 1 is 1.00 bits per heavy atom. The van der Waals surface area contributed by atoms with Gasteiger partial charge in [0.1, 0.15) is 0 Å². The maximum atomic E-state index is 12.9. The number of nitrogens with one attached hydrogen (secondary N) is 1. The number of anilines is 1. The lowest BCUT2D eigenvalue weighted by Gasteiger charge is -2.56. The van der Waals surface area contributed by atoms with Gasteiger partial charge in [0.15, 0.2) is 0 Å². The first kappa shape index (κ1) is 18.0. The van der Waals surface area contributed by atoms with Crippen molar-refractivity contribution in [3.05, 3.63) is 28.7 Å². The maximum absolute atomic E-state index is 12.9. The molecule has 4 saturated carbocycles. The van der Waals surface area contributed by atoms with Crippen LogP contribution in [0.25, 0.3) is 11.0 Å². The topological polar surface area (TPSA) is 56.0 Å². The van der Waals surface area contributed by atoms with Gasteiger partial charge in [0, 0.05) is 25.2 Å². The Labute approximate surface area is 166 Å². The highest BCUT2D eigenvalue weighted by Gasteiger charge is 2.51. The number of benzene rings is 1. The second kappa shape index (κ2) is 6.50. The summed E-state index contributed by atoms with van der Waals surface area (Å²) in [5.74, 6) is 2.73. The van der Waals surface area contributed by atoms with Crippen LogP contribution in [0.3, 0.4) is 0 Å². The van der Waals surface area contributed by atoms with Crippen molar-refractivity contribution in [2.24, 2.45) is 23.2 Å². The Bertz CT molecular complexity index is 948. The molecule has 5 nitrogen and oxygen atoms in total. The van der Waals surface area contributed by atoms with Gasteiger partial charge < -0.3 is 5.32 Å². The fourth-order valence-corrected chi connectivity index (χ4v) is 7.06. The fourth-order valence-electron chi connectivity index (χ4n) is 7.06. The van der Waals surface area contributed by atoms with Gasteiger partial charge in [-0.25, -0.2) is 4.79 Å². The number of hydrogen-bond donors (Lipinski definition) is 1. The predicted octanol–water partition coefficient (Wildman–Crippen LogP) is 4.39. The molecule has 1 aromatic carbocycles. The van der Waals surface area contributed by atoms with E-state index in [1.165, 1.54) is 38.5 Å². The first-order valence-corrected chi connectivity index (χ1v) is 11.0. The quantitative estimate of drug-likeness (QED) is 0.835. The molecule has 1 N–H and O–H groups in total. The summed E-state index contributed by atoms with van der Waals surface area (Å²) in [4.78, 5) is 25.5. The van der Waals surface area contributed by atoms with E-state index >= 15 is 0 Å². The average Bonchev–Trinajstić information content (AvgIpc) is 2.89. The number of aryl methyl sites for hydroxylation is 2. The molecule has 6 rings (SSSR count). The lowest BCUT2D eigenvalue weighted by Crippen LogP contribution is -2.47. The molecule has 0 atom stereocenters. The molecule has 150 valence electrons. The van der Waals surface area contributed by atoms with Gasteiger partial charge >= 0.3 is 5.69 Å². The van der Waals surface area contributed by atoms with Crippen LogP contribution in [-0.4, -0.2) is 15.0 Å². The van der Waals surface area contributed by atoms with Crippen LogP contribution in [0, 0.1) is 23.2 Å². The highest BCUT2D eigenvalue weighted by atomic mass is 16.2. The number of aromatic nitrogens is 2. The normalized spacial score (nSPS) is 30.9.